The summed E-state index contributed by atoms with van der Waals surface area (Å²) in [6.07, 6.45) is 2.43. The topological polar surface area (TPSA) is 79.1 Å². The van der Waals surface area contributed by atoms with Gasteiger partial charge in [-0.25, -0.2) is 0 Å². The average Bonchev–Trinajstić information content (AvgIpc) is 2.30. The Morgan fingerprint density at radius 3 is 2.88 bits per heavy atom. The minimum atomic E-state index is -0.257. The number of aliphatic imine (C=N–C) groups is 1. The molecule has 0 amide bonds. The first kappa shape index (κ1) is 13.0. The number of aromatic hydroxyl groups is 2. The standard InChI is InChI=1S/C12H15NO4/c1-17-12(16)3-2-6-13-8-9-4-5-10(14)7-11(9)15/h4-5,7-8,14-15H,2-3,6H2,1H3. The molecule has 0 aromatic heterocycles. The van der Waals surface area contributed by atoms with E-state index >= 15 is 0 Å². The van der Waals surface area contributed by atoms with Gasteiger partial charge in [-0.2, -0.15) is 0 Å². The van der Waals surface area contributed by atoms with Crippen LogP contribution in [0.4, 0.5) is 0 Å². The highest BCUT2D eigenvalue weighted by Crippen LogP contribution is 2.20. The first-order chi connectivity index (χ1) is 8.13. The number of rotatable bonds is 5. The monoisotopic (exact) mass is 237 g/mol. The molecule has 0 radical (unpaired) electrons. The Bertz CT molecular complexity index is 415. The van der Waals surface area contributed by atoms with E-state index in [9.17, 15) is 9.90 Å². The van der Waals surface area contributed by atoms with Crippen LogP contribution in [-0.2, 0) is 9.53 Å². The normalized spacial score (nSPS) is 10.6. The van der Waals surface area contributed by atoms with Crippen molar-refractivity contribution >= 4 is 12.2 Å². The van der Waals surface area contributed by atoms with E-state index in [1.807, 2.05) is 0 Å². The van der Waals surface area contributed by atoms with Crippen LogP contribution in [0.25, 0.3) is 0 Å². The van der Waals surface area contributed by atoms with Gasteiger partial charge in [0.1, 0.15) is 11.5 Å². The first-order valence-electron chi connectivity index (χ1n) is 5.22. The summed E-state index contributed by atoms with van der Waals surface area (Å²) < 4.78 is 4.49. The molecule has 0 heterocycles. The average molecular weight is 237 g/mol. The zero-order valence-corrected chi connectivity index (χ0v) is 9.59. The molecule has 0 saturated carbocycles. The third-order valence-corrected chi connectivity index (χ3v) is 2.14. The van der Waals surface area contributed by atoms with Gasteiger partial charge in [-0.3, -0.25) is 9.79 Å². The molecule has 0 spiro atoms. The maximum atomic E-state index is 10.8. The lowest BCUT2D eigenvalue weighted by Crippen LogP contribution is -2.00. The van der Waals surface area contributed by atoms with E-state index in [1.165, 1.54) is 25.5 Å². The van der Waals surface area contributed by atoms with Gasteiger partial charge in [0.15, 0.2) is 0 Å². The molecule has 0 aliphatic rings. The van der Waals surface area contributed by atoms with Crippen LogP contribution in [0.1, 0.15) is 18.4 Å². The van der Waals surface area contributed by atoms with E-state index < -0.39 is 0 Å². The third kappa shape index (κ3) is 4.55. The number of benzene rings is 1. The maximum Gasteiger partial charge on any atom is 0.305 e. The molecule has 0 unspecified atom stereocenters. The number of carbonyl (C=O) groups is 1. The van der Waals surface area contributed by atoms with Gasteiger partial charge in [0.05, 0.1) is 7.11 Å². The van der Waals surface area contributed by atoms with Gasteiger partial charge in [-0.1, -0.05) is 0 Å². The molecule has 17 heavy (non-hydrogen) atoms. The van der Waals surface area contributed by atoms with Gasteiger partial charge in [0.25, 0.3) is 0 Å². The summed E-state index contributed by atoms with van der Waals surface area (Å²) in [7, 11) is 1.35. The molecule has 1 aromatic carbocycles. The van der Waals surface area contributed by atoms with Gasteiger partial charge in [0, 0.05) is 30.8 Å². The second-order valence-corrected chi connectivity index (χ2v) is 3.46. The Morgan fingerprint density at radius 2 is 2.24 bits per heavy atom. The Labute approximate surface area is 99.4 Å². The lowest BCUT2D eigenvalue weighted by molar-refractivity contribution is -0.140. The molecule has 5 heteroatoms. The molecule has 0 aliphatic heterocycles. The van der Waals surface area contributed by atoms with Crippen molar-refractivity contribution in [3.8, 4) is 11.5 Å². The predicted octanol–water partition coefficient (Wildman–Crippen LogP) is 1.47. The fourth-order valence-corrected chi connectivity index (χ4v) is 1.22. The van der Waals surface area contributed by atoms with Crippen molar-refractivity contribution in [2.24, 2.45) is 4.99 Å². The summed E-state index contributed by atoms with van der Waals surface area (Å²) in [4.78, 5) is 14.9. The third-order valence-electron chi connectivity index (χ3n) is 2.14. The highest BCUT2D eigenvalue weighted by Gasteiger charge is 2.00. The molecule has 92 valence electrons. The van der Waals surface area contributed by atoms with Crippen LogP contribution in [0, 0.1) is 0 Å². The van der Waals surface area contributed by atoms with Crippen LogP contribution in [0.3, 0.4) is 0 Å². The highest BCUT2D eigenvalue weighted by molar-refractivity contribution is 5.83. The largest absolute Gasteiger partial charge is 0.508 e. The number of nitrogens with zero attached hydrogens (tertiary/aromatic N) is 1. The van der Waals surface area contributed by atoms with Crippen LogP contribution in [-0.4, -0.2) is 36.1 Å². The number of methoxy groups -OCH3 is 1. The van der Waals surface area contributed by atoms with Gasteiger partial charge in [-0.15, -0.1) is 0 Å². The van der Waals surface area contributed by atoms with Gasteiger partial charge in [-0.05, 0) is 18.6 Å². The number of hydrogen-bond acceptors (Lipinski definition) is 5. The fraction of sp³-hybridized carbons (Fsp3) is 0.333. The molecule has 1 aromatic rings. The first-order valence-corrected chi connectivity index (χ1v) is 5.22. The van der Waals surface area contributed by atoms with E-state index in [-0.39, 0.29) is 17.5 Å². The van der Waals surface area contributed by atoms with Crippen molar-refractivity contribution in [1.29, 1.82) is 0 Å². The molecule has 0 fully saturated rings. The van der Waals surface area contributed by atoms with E-state index in [1.54, 1.807) is 6.07 Å². The smallest absolute Gasteiger partial charge is 0.305 e. The second-order valence-electron chi connectivity index (χ2n) is 3.46. The van der Waals surface area contributed by atoms with E-state index in [0.717, 1.165) is 0 Å². The number of carbonyl (C=O) groups excluding carboxylic acids is 1. The van der Waals surface area contributed by atoms with Gasteiger partial charge in [0.2, 0.25) is 0 Å². The number of ether oxygens (including phenoxy) is 1. The van der Waals surface area contributed by atoms with Crippen LogP contribution in [0.15, 0.2) is 23.2 Å². The van der Waals surface area contributed by atoms with Crippen molar-refractivity contribution in [1.82, 2.24) is 0 Å². The summed E-state index contributed by atoms with van der Waals surface area (Å²) in [5.41, 5.74) is 0.529. The Hall–Kier alpha value is -2.04. The van der Waals surface area contributed by atoms with E-state index in [0.29, 0.717) is 24.9 Å². The molecule has 0 saturated heterocycles. The Kier molecular flexibility index (Phi) is 5.00. The summed E-state index contributed by atoms with van der Waals surface area (Å²) in [5, 5.41) is 18.5. The lowest BCUT2D eigenvalue weighted by Gasteiger charge is -1.99. The van der Waals surface area contributed by atoms with Crippen LogP contribution in [0.5, 0.6) is 11.5 Å². The molecule has 1 rings (SSSR count). The van der Waals surface area contributed by atoms with Gasteiger partial charge >= 0.3 is 5.97 Å². The van der Waals surface area contributed by atoms with Crippen molar-refractivity contribution in [3.05, 3.63) is 23.8 Å². The maximum absolute atomic E-state index is 10.8. The summed E-state index contributed by atoms with van der Waals surface area (Å²) in [6, 6.07) is 4.28. The van der Waals surface area contributed by atoms with Crippen LogP contribution >= 0.6 is 0 Å². The zero-order valence-electron chi connectivity index (χ0n) is 9.59. The minimum Gasteiger partial charge on any atom is -0.508 e. The van der Waals surface area contributed by atoms with Crippen LogP contribution < -0.4 is 0 Å². The molecular formula is C12H15NO4. The molecule has 0 aliphatic carbocycles. The number of esters is 1. The Morgan fingerprint density at radius 1 is 1.47 bits per heavy atom. The molecule has 0 bridgehead atoms. The number of phenols is 2. The molecule has 5 nitrogen and oxygen atoms in total. The Balaban J connectivity index is 2.40. The minimum absolute atomic E-state index is 0.00495. The van der Waals surface area contributed by atoms with Crippen LogP contribution in [0.2, 0.25) is 0 Å². The van der Waals surface area contributed by atoms with E-state index in [4.69, 9.17) is 5.11 Å². The molecule has 2 N–H and O–H groups in total. The van der Waals surface area contributed by atoms with E-state index in [2.05, 4.69) is 9.73 Å². The number of hydrogen-bond donors (Lipinski definition) is 2. The highest BCUT2D eigenvalue weighted by atomic mass is 16.5. The van der Waals surface area contributed by atoms with Crippen molar-refractivity contribution in [2.45, 2.75) is 12.8 Å². The van der Waals surface area contributed by atoms with Crippen molar-refractivity contribution in [2.75, 3.05) is 13.7 Å². The summed E-state index contributed by atoms with van der Waals surface area (Å²) in [5.74, 6) is -0.278. The second kappa shape index (κ2) is 6.52. The fourth-order valence-electron chi connectivity index (χ4n) is 1.22. The number of phenolic OH excluding ortho intramolecular Hbond substituents is 2. The quantitative estimate of drug-likeness (QED) is 0.461. The van der Waals surface area contributed by atoms with Gasteiger partial charge < -0.3 is 14.9 Å². The predicted molar refractivity (Wildman–Crippen MR) is 63.5 cm³/mol. The summed E-state index contributed by atoms with van der Waals surface area (Å²) >= 11 is 0. The molecule has 0 atom stereocenters. The lowest BCUT2D eigenvalue weighted by atomic mass is 10.2. The molecular weight excluding hydrogens is 222 g/mol. The SMILES string of the molecule is COC(=O)CCCN=Cc1ccc(O)cc1O. The zero-order chi connectivity index (χ0) is 12.7. The van der Waals surface area contributed by atoms with Crippen molar-refractivity contribution < 1.29 is 19.7 Å². The summed E-state index contributed by atoms with van der Waals surface area (Å²) in [6.45, 7) is 0.482. The van der Waals surface area contributed by atoms with Crippen molar-refractivity contribution in [3.63, 3.8) is 0 Å².